The molecule has 1 saturated heterocycles. The van der Waals surface area contributed by atoms with Crippen LogP contribution in [0.4, 0.5) is 10.5 Å². The van der Waals surface area contributed by atoms with Crippen LogP contribution in [0, 0.1) is 17.8 Å². The molecule has 2 bridgehead atoms. The zero-order valence-electron chi connectivity index (χ0n) is 13.5. The lowest BCUT2D eigenvalue weighted by Crippen LogP contribution is -2.58. The summed E-state index contributed by atoms with van der Waals surface area (Å²) in [5, 5.41) is 2.73. The van der Waals surface area contributed by atoms with Crippen LogP contribution in [0.15, 0.2) is 29.3 Å². The quantitative estimate of drug-likeness (QED) is 0.665. The molecular formula is C18H18ClN3O3. The monoisotopic (exact) mass is 359 g/mol. The number of fused-ring (bicyclic) bond motifs is 2. The van der Waals surface area contributed by atoms with E-state index in [9.17, 15) is 14.4 Å². The molecule has 6 nitrogen and oxygen atoms in total. The van der Waals surface area contributed by atoms with E-state index in [1.54, 1.807) is 24.3 Å². The van der Waals surface area contributed by atoms with E-state index >= 15 is 0 Å². The van der Waals surface area contributed by atoms with Crippen molar-refractivity contribution in [2.24, 2.45) is 22.7 Å². The molecule has 4 rings (SSSR count). The van der Waals surface area contributed by atoms with Crippen LogP contribution in [0.2, 0.25) is 5.02 Å². The number of carbonyl (C=O) groups excluding carboxylic acids is 3. The Morgan fingerprint density at radius 3 is 2.52 bits per heavy atom. The summed E-state index contributed by atoms with van der Waals surface area (Å²) in [6, 6.07) is 5.76. The van der Waals surface area contributed by atoms with Gasteiger partial charge >= 0.3 is 6.03 Å². The first kappa shape index (κ1) is 16.3. The molecule has 1 N–H and O–H groups in total. The molecule has 0 spiro atoms. The maximum absolute atomic E-state index is 12.7. The van der Waals surface area contributed by atoms with Gasteiger partial charge in [0.25, 0.3) is 5.91 Å². The number of halogens is 1. The van der Waals surface area contributed by atoms with Gasteiger partial charge in [-0.2, -0.15) is 0 Å². The van der Waals surface area contributed by atoms with E-state index in [1.165, 1.54) is 25.5 Å². The highest BCUT2D eigenvalue weighted by Gasteiger charge is 2.42. The van der Waals surface area contributed by atoms with Gasteiger partial charge in [-0.1, -0.05) is 18.0 Å². The Hall–Kier alpha value is -2.21. The summed E-state index contributed by atoms with van der Waals surface area (Å²) in [7, 11) is 0. The van der Waals surface area contributed by atoms with Gasteiger partial charge in [-0.25, -0.2) is 9.69 Å². The first-order valence-electron chi connectivity index (χ1n) is 8.50. The maximum Gasteiger partial charge on any atom is 0.335 e. The molecule has 4 amide bonds. The number of hydrogen-bond acceptors (Lipinski definition) is 4. The number of urea groups is 1. The molecule has 7 heteroatoms. The molecule has 1 aromatic rings. The fourth-order valence-electron chi connectivity index (χ4n) is 4.15. The van der Waals surface area contributed by atoms with Crippen LogP contribution < -0.4 is 10.2 Å². The first-order chi connectivity index (χ1) is 12.0. The summed E-state index contributed by atoms with van der Waals surface area (Å²) < 4.78 is 0. The van der Waals surface area contributed by atoms with Crippen molar-refractivity contribution in [3.05, 3.63) is 29.3 Å². The molecule has 1 aliphatic heterocycles. The largest absolute Gasteiger partial charge is 0.335 e. The van der Waals surface area contributed by atoms with Crippen LogP contribution in [0.25, 0.3) is 0 Å². The number of benzene rings is 1. The molecule has 3 fully saturated rings. The maximum atomic E-state index is 12.7. The molecule has 0 unspecified atom stereocenters. The Bertz CT molecular complexity index is 761. The van der Waals surface area contributed by atoms with Crippen LogP contribution in [0.1, 0.15) is 25.7 Å². The normalized spacial score (nSPS) is 31.9. The van der Waals surface area contributed by atoms with Crippen LogP contribution in [0.3, 0.4) is 0 Å². The van der Waals surface area contributed by atoms with E-state index in [0.717, 1.165) is 17.2 Å². The molecule has 2 saturated carbocycles. The van der Waals surface area contributed by atoms with Crippen molar-refractivity contribution in [2.75, 3.05) is 4.90 Å². The number of hydrogen-bond donors (Lipinski definition) is 1. The third-order valence-corrected chi connectivity index (χ3v) is 5.67. The lowest BCUT2D eigenvalue weighted by molar-refractivity contribution is -0.131. The second-order valence-corrected chi connectivity index (χ2v) is 7.40. The third-order valence-electron chi connectivity index (χ3n) is 5.41. The Morgan fingerprint density at radius 2 is 1.88 bits per heavy atom. The van der Waals surface area contributed by atoms with Gasteiger partial charge in [0.15, 0.2) is 5.92 Å². The third kappa shape index (κ3) is 2.95. The summed E-state index contributed by atoms with van der Waals surface area (Å²) in [6.07, 6.45) is 6.09. The summed E-state index contributed by atoms with van der Waals surface area (Å²) in [5.74, 6) is -0.977. The van der Waals surface area contributed by atoms with E-state index in [1.807, 2.05) is 0 Å². The number of amides is 4. The molecule has 1 aromatic carbocycles. The summed E-state index contributed by atoms with van der Waals surface area (Å²) in [6.45, 7) is 0. The summed E-state index contributed by atoms with van der Waals surface area (Å²) >= 11 is 5.85. The number of anilines is 1. The van der Waals surface area contributed by atoms with Crippen LogP contribution in [-0.4, -0.2) is 30.1 Å². The minimum absolute atomic E-state index is 0.195. The Labute approximate surface area is 150 Å². The number of nitrogens with one attached hydrogen (secondary N) is 1. The SMILES string of the molecule is O=C1NC(=O)N(c2ccc(Cl)cc2)C(=O)[C@@H]1C=N[C@H]1C[C@H]2CC[C@H]1C2. The Balaban J connectivity index is 1.55. The smallest absolute Gasteiger partial charge is 0.293 e. The number of rotatable bonds is 3. The molecule has 130 valence electrons. The number of nitrogens with zero attached hydrogens (tertiary/aromatic N) is 2. The predicted molar refractivity (Wildman–Crippen MR) is 93.7 cm³/mol. The first-order valence-corrected chi connectivity index (χ1v) is 8.88. The minimum atomic E-state index is -1.08. The van der Waals surface area contributed by atoms with E-state index in [2.05, 4.69) is 10.3 Å². The van der Waals surface area contributed by atoms with Gasteiger partial charge < -0.3 is 0 Å². The number of aliphatic imine (C=N–C) groups is 1. The highest BCUT2D eigenvalue weighted by molar-refractivity contribution is 6.33. The molecule has 0 radical (unpaired) electrons. The van der Waals surface area contributed by atoms with Crippen molar-refractivity contribution < 1.29 is 14.4 Å². The van der Waals surface area contributed by atoms with E-state index < -0.39 is 23.8 Å². The standard InChI is InChI=1S/C18H18ClN3O3/c19-12-3-5-13(6-4-12)22-17(24)14(16(23)21-18(22)25)9-20-15-8-10-1-2-11(15)7-10/h3-6,9-11,14-15H,1-2,7-8H2,(H,21,23,25)/t10-,11-,14+,15-/m0/s1. The van der Waals surface area contributed by atoms with Crippen LogP contribution in [-0.2, 0) is 9.59 Å². The van der Waals surface area contributed by atoms with E-state index in [4.69, 9.17) is 11.6 Å². The van der Waals surface area contributed by atoms with Gasteiger partial charge in [-0.15, -0.1) is 0 Å². The second-order valence-electron chi connectivity index (χ2n) is 6.96. The molecule has 25 heavy (non-hydrogen) atoms. The minimum Gasteiger partial charge on any atom is -0.293 e. The van der Waals surface area contributed by atoms with Crippen molar-refractivity contribution in [1.82, 2.24) is 5.32 Å². The van der Waals surface area contributed by atoms with Crippen molar-refractivity contribution in [3.63, 3.8) is 0 Å². The second kappa shape index (κ2) is 6.26. The molecule has 2 aliphatic carbocycles. The van der Waals surface area contributed by atoms with E-state index in [-0.39, 0.29) is 6.04 Å². The topological polar surface area (TPSA) is 78.8 Å². The van der Waals surface area contributed by atoms with Gasteiger partial charge in [0, 0.05) is 11.2 Å². The highest BCUT2D eigenvalue weighted by atomic mass is 35.5. The van der Waals surface area contributed by atoms with Gasteiger partial charge in [-0.05, 0) is 55.4 Å². The number of carbonyl (C=O) groups is 3. The fourth-order valence-corrected chi connectivity index (χ4v) is 4.27. The molecule has 0 aromatic heterocycles. The lowest BCUT2D eigenvalue weighted by Gasteiger charge is -2.29. The Morgan fingerprint density at radius 1 is 1.12 bits per heavy atom. The zero-order chi connectivity index (χ0) is 17.6. The highest BCUT2D eigenvalue weighted by Crippen LogP contribution is 2.45. The van der Waals surface area contributed by atoms with Gasteiger partial charge in [-0.3, -0.25) is 19.9 Å². The zero-order valence-corrected chi connectivity index (χ0v) is 14.3. The van der Waals surface area contributed by atoms with Crippen LogP contribution >= 0.6 is 11.6 Å². The molecule has 3 aliphatic rings. The molecule has 4 atom stereocenters. The van der Waals surface area contributed by atoms with Crippen molar-refractivity contribution in [3.8, 4) is 0 Å². The van der Waals surface area contributed by atoms with Gasteiger partial charge in [0.1, 0.15) is 0 Å². The molecular weight excluding hydrogens is 342 g/mol. The average Bonchev–Trinajstić information content (AvgIpc) is 3.19. The van der Waals surface area contributed by atoms with Gasteiger partial charge in [0.2, 0.25) is 5.91 Å². The van der Waals surface area contributed by atoms with Crippen molar-refractivity contribution in [1.29, 1.82) is 0 Å². The Kier molecular flexibility index (Phi) is 4.07. The fraction of sp³-hybridized carbons (Fsp3) is 0.444. The molecule has 1 heterocycles. The summed E-state index contributed by atoms with van der Waals surface area (Å²) in [4.78, 5) is 42.4. The van der Waals surface area contributed by atoms with Gasteiger partial charge in [0.05, 0.1) is 11.7 Å². The lowest BCUT2D eigenvalue weighted by atomic mass is 9.95. The number of barbiturate groups is 1. The number of imide groups is 2. The van der Waals surface area contributed by atoms with E-state index in [0.29, 0.717) is 16.6 Å². The predicted octanol–water partition coefficient (Wildman–Crippen LogP) is 2.80. The van der Waals surface area contributed by atoms with Crippen molar-refractivity contribution >= 4 is 41.3 Å². The van der Waals surface area contributed by atoms with Crippen molar-refractivity contribution in [2.45, 2.75) is 31.7 Å². The van der Waals surface area contributed by atoms with Crippen LogP contribution in [0.5, 0.6) is 0 Å². The summed E-state index contributed by atoms with van der Waals surface area (Å²) in [5.41, 5.74) is 0.373. The average molecular weight is 360 g/mol.